The molecule has 1 unspecified atom stereocenters. The SMILES string of the molecule is Cc1ccc(C(N)c2cc(C)c(F)cc2F)cc1F. The highest BCUT2D eigenvalue weighted by Gasteiger charge is 2.16. The van der Waals surface area contributed by atoms with E-state index in [4.69, 9.17) is 5.73 Å². The van der Waals surface area contributed by atoms with Gasteiger partial charge in [-0.3, -0.25) is 0 Å². The van der Waals surface area contributed by atoms with E-state index in [0.29, 0.717) is 16.7 Å². The van der Waals surface area contributed by atoms with Crippen molar-refractivity contribution in [2.45, 2.75) is 19.9 Å². The first-order valence-electron chi connectivity index (χ1n) is 5.87. The number of rotatable bonds is 2. The largest absolute Gasteiger partial charge is 0.320 e. The molecule has 0 aliphatic rings. The van der Waals surface area contributed by atoms with Crippen LogP contribution in [0.4, 0.5) is 13.2 Å². The maximum atomic E-state index is 13.7. The summed E-state index contributed by atoms with van der Waals surface area (Å²) >= 11 is 0. The molecule has 0 bridgehead atoms. The number of aryl methyl sites for hydroxylation is 2. The molecule has 0 saturated carbocycles. The molecule has 0 spiro atoms. The van der Waals surface area contributed by atoms with Gasteiger partial charge in [0.15, 0.2) is 0 Å². The highest BCUT2D eigenvalue weighted by molar-refractivity contribution is 5.36. The van der Waals surface area contributed by atoms with Gasteiger partial charge in [-0.25, -0.2) is 13.2 Å². The minimum Gasteiger partial charge on any atom is -0.320 e. The summed E-state index contributed by atoms with van der Waals surface area (Å²) in [6.07, 6.45) is 0. The second kappa shape index (κ2) is 5.05. The molecule has 0 aliphatic carbocycles. The predicted octanol–water partition coefficient (Wildman–Crippen LogP) is 3.77. The van der Waals surface area contributed by atoms with Crippen LogP contribution in [-0.4, -0.2) is 0 Å². The lowest BCUT2D eigenvalue weighted by Gasteiger charge is -2.15. The first-order chi connectivity index (χ1) is 8.90. The van der Waals surface area contributed by atoms with Gasteiger partial charge in [0.25, 0.3) is 0 Å². The predicted molar refractivity (Wildman–Crippen MR) is 68.3 cm³/mol. The van der Waals surface area contributed by atoms with Crippen molar-refractivity contribution in [1.29, 1.82) is 0 Å². The van der Waals surface area contributed by atoms with E-state index in [2.05, 4.69) is 0 Å². The summed E-state index contributed by atoms with van der Waals surface area (Å²) in [5.74, 6) is -1.74. The Hall–Kier alpha value is -1.81. The number of hydrogen-bond acceptors (Lipinski definition) is 1. The molecule has 2 aromatic rings. The van der Waals surface area contributed by atoms with E-state index >= 15 is 0 Å². The third kappa shape index (κ3) is 2.63. The third-order valence-corrected chi connectivity index (χ3v) is 3.17. The molecular formula is C15H14F3N. The molecule has 0 aliphatic heterocycles. The Labute approximate surface area is 109 Å². The molecule has 0 radical (unpaired) electrons. The summed E-state index contributed by atoms with van der Waals surface area (Å²) in [6, 6.07) is 5.83. The van der Waals surface area contributed by atoms with E-state index < -0.39 is 23.5 Å². The van der Waals surface area contributed by atoms with Crippen LogP contribution in [0.2, 0.25) is 0 Å². The van der Waals surface area contributed by atoms with Crippen molar-refractivity contribution >= 4 is 0 Å². The van der Waals surface area contributed by atoms with Crippen LogP contribution in [0.3, 0.4) is 0 Å². The highest BCUT2D eigenvalue weighted by Crippen LogP contribution is 2.25. The lowest BCUT2D eigenvalue weighted by atomic mass is 9.96. The first-order valence-corrected chi connectivity index (χ1v) is 5.87. The fourth-order valence-corrected chi connectivity index (χ4v) is 1.90. The van der Waals surface area contributed by atoms with Gasteiger partial charge in [0.1, 0.15) is 17.5 Å². The van der Waals surface area contributed by atoms with Gasteiger partial charge in [-0.1, -0.05) is 12.1 Å². The second-order valence-corrected chi connectivity index (χ2v) is 4.61. The molecule has 0 saturated heterocycles. The Morgan fingerprint density at radius 1 is 0.842 bits per heavy atom. The van der Waals surface area contributed by atoms with Crippen LogP contribution >= 0.6 is 0 Å². The van der Waals surface area contributed by atoms with Gasteiger partial charge in [-0.15, -0.1) is 0 Å². The van der Waals surface area contributed by atoms with E-state index in [-0.39, 0.29) is 5.56 Å². The van der Waals surface area contributed by atoms with Crippen LogP contribution < -0.4 is 5.73 Å². The monoisotopic (exact) mass is 265 g/mol. The minimum atomic E-state index is -0.825. The number of benzene rings is 2. The Morgan fingerprint density at radius 2 is 1.47 bits per heavy atom. The van der Waals surface area contributed by atoms with Crippen LogP contribution in [0.25, 0.3) is 0 Å². The number of halogens is 3. The van der Waals surface area contributed by atoms with Crippen LogP contribution in [0.15, 0.2) is 30.3 Å². The molecule has 0 aromatic heterocycles. The Kier molecular flexibility index (Phi) is 3.62. The standard InChI is InChI=1S/C15H14F3N/c1-8-3-4-10(6-12(8)16)15(19)11-5-9(2)13(17)7-14(11)18/h3-7,15H,19H2,1-2H3. The molecule has 19 heavy (non-hydrogen) atoms. The lowest BCUT2D eigenvalue weighted by molar-refractivity contribution is 0.559. The quantitative estimate of drug-likeness (QED) is 0.878. The summed E-state index contributed by atoms with van der Waals surface area (Å²) in [6.45, 7) is 3.16. The molecule has 0 amide bonds. The van der Waals surface area contributed by atoms with Crippen molar-refractivity contribution < 1.29 is 13.2 Å². The van der Waals surface area contributed by atoms with Crippen LogP contribution in [0, 0.1) is 31.3 Å². The molecule has 1 nitrogen and oxygen atoms in total. The number of hydrogen-bond donors (Lipinski definition) is 1. The van der Waals surface area contributed by atoms with E-state index in [9.17, 15) is 13.2 Å². The molecule has 2 rings (SSSR count). The Balaban J connectivity index is 2.46. The van der Waals surface area contributed by atoms with E-state index in [1.807, 2.05) is 0 Å². The van der Waals surface area contributed by atoms with Crippen molar-refractivity contribution in [2.75, 3.05) is 0 Å². The van der Waals surface area contributed by atoms with Gasteiger partial charge in [0, 0.05) is 11.6 Å². The van der Waals surface area contributed by atoms with Crippen molar-refractivity contribution in [3.05, 3.63) is 70.0 Å². The zero-order valence-corrected chi connectivity index (χ0v) is 10.7. The fourth-order valence-electron chi connectivity index (χ4n) is 1.90. The summed E-state index contributed by atoms with van der Waals surface area (Å²) in [7, 11) is 0. The van der Waals surface area contributed by atoms with Crippen LogP contribution in [0.1, 0.15) is 28.3 Å². The summed E-state index contributed by atoms with van der Waals surface area (Å²) < 4.78 is 40.4. The molecule has 0 heterocycles. The Bertz CT molecular complexity index is 623. The van der Waals surface area contributed by atoms with Gasteiger partial charge in [-0.2, -0.15) is 0 Å². The van der Waals surface area contributed by atoms with E-state index in [0.717, 1.165) is 6.07 Å². The van der Waals surface area contributed by atoms with Gasteiger partial charge >= 0.3 is 0 Å². The summed E-state index contributed by atoms with van der Waals surface area (Å²) in [5.41, 5.74) is 7.33. The maximum absolute atomic E-state index is 13.7. The molecule has 2 N–H and O–H groups in total. The van der Waals surface area contributed by atoms with E-state index in [1.54, 1.807) is 19.1 Å². The van der Waals surface area contributed by atoms with Gasteiger partial charge < -0.3 is 5.73 Å². The molecular weight excluding hydrogens is 251 g/mol. The van der Waals surface area contributed by atoms with Crippen molar-refractivity contribution in [2.24, 2.45) is 5.73 Å². The van der Waals surface area contributed by atoms with Crippen LogP contribution in [0.5, 0.6) is 0 Å². The van der Waals surface area contributed by atoms with Crippen molar-refractivity contribution in [3.8, 4) is 0 Å². The maximum Gasteiger partial charge on any atom is 0.131 e. The number of nitrogens with two attached hydrogens (primary N) is 1. The van der Waals surface area contributed by atoms with Gasteiger partial charge in [0.2, 0.25) is 0 Å². The molecule has 0 fully saturated rings. The lowest BCUT2D eigenvalue weighted by Crippen LogP contribution is -2.14. The first kappa shape index (κ1) is 13.6. The van der Waals surface area contributed by atoms with Crippen LogP contribution in [-0.2, 0) is 0 Å². The summed E-state index contributed by atoms with van der Waals surface area (Å²) in [5, 5.41) is 0. The average Bonchev–Trinajstić information content (AvgIpc) is 2.36. The fraction of sp³-hybridized carbons (Fsp3) is 0.200. The summed E-state index contributed by atoms with van der Waals surface area (Å²) in [4.78, 5) is 0. The molecule has 2 aromatic carbocycles. The zero-order chi connectivity index (χ0) is 14.2. The Morgan fingerprint density at radius 3 is 2.11 bits per heavy atom. The van der Waals surface area contributed by atoms with Crippen molar-refractivity contribution in [3.63, 3.8) is 0 Å². The molecule has 100 valence electrons. The molecule has 4 heteroatoms. The van der Waals surface area contributed by atoms with Crippen molar-refractivity contribution in [1.82, 2.24) is 0 Å². The third-order valence-electron chi connectivity index (χ3n) is 3.17. The topological polar surface area (TPSA) is 26.0 Å². The minimum absolute atomic E-state index is 0.155. The zero-order valence-electron chi connectivity index (χ0n) is 10.7. The smallest absolute Gasteiger partial charge is 0.131 e. The second-order valence-electron chi connectivity index (χ2n) is 4.61. The van der Waals surface area contributed by atoms with E-state index in [1.165, 1.54) is 19.1 Å². The highest BCUT2D eigenvalue weighted by atomic mass is 19.1. The normalized spacial score (nSPS) is 12.5. The van der Waals surface area contributed by atoms with Gasteiger partial charge in [0.05, 0.1) is 6.04 Å². The van der Waals surface area contributed by atoms with Gasteiger partial charge in [-0.05, 0) is 42.7 Å². The molecule has 1 atom stereocenters. The average molecular weight is 265 g/mol.